The second-order valence-corrected chi connectivity index (χ2v) is 7.00. The molecule has 0 aliphatic carbocycles. The van der Waals surface area contributed by atoms with Crippen molar-refractivity contribution in [2.75, 3.05) is 26.2 Å². The van der Waals surface area contributed by atoms with E-state index in [1.54, 1.807) is 18.2 Å². The molecule has 0 unspecified atom stereocenters. The lowest BCUT2D eigenvalue weighted by Crippen LogP contribution is -2.34. The fraction of sp³-hybridized carbons (Fsp3) is 0.357. The zero-order valence-corrected chi connectivity index (χ0v) is 12.3. The molecular weight excluding hydrogens is 290 g/mol. The van der Waals surface area contributed by atoms with Crippen molar-refractivity contribution < 1.29 is 8.42 Å². The topological polar surface area (TPSA) is 82.3 Å². The van der Waals surface area contributed by atoms with Crippen molar-refractivity contribution in [1.29, 1.82) is 0 Å². The summed E-state index contributed by atoms with van der Waals surface area (Å²) in [6.45, 7) is 2.48. The zero-order chi connectivity index (χ0) is 14.9. The average molecular weight is 307 g/mol. The molecule has 0 amide bonds. The van der Waals surface area contributed by atoms with Crippen LogP contribution < -0.4 is 10.9 Å². The maximum atomic E-state index is 12.7. The molecule has 0 saturated carbocycles. The van der Waals surface area contributed by atoms with Crippen molar-refractivity contribution in [3.05, 3.63) is 40.8 Å². The quantitative estimate of drug-likeness (QED) is 0.847. The van der Waals surface area contributed by atoms with Crippen LogP contribution in [0.1, 0.15) is 6.42 Å². The molecule has 1 aromatic carbocycles. The van der Waals surface area contributed by atoms with Gasteiger partial charge in [-0.25, -0.2) is 8.42 Å². The van der Waals surface area contributed by atoms with Crippen molar-refractivity contribution in [1.82, 2.24) is 14.6 Å². The van der Waals surface area contributed by atoms with Gasteiger partial charge in [0.25, 0.3) is 5.56 Å². The predicted molar refractivity (Wildman–Crippen MR) is 80.8 cm³/mol. The van der Waals surface area contributed by atoms with Crippen LogP contribution in [-0.2, 0) is 10.0 Å². The summed E-state index contributed by atoms with van der Waals surface area (Å²) < 4.78 is 26.9. The number of aromatic nitrogens is 1. The number of nitrogens with one attached hydrogen (secondary N) is 2. The molecule has 1 aliphatic rings. The molecule has 0 bridgehead atoms. The van der Waals surface area contributed by atoms with Crippen molar-refractivity contribution in [3.8, 4) is 0 Å². The van der Waals surface area contributed by atoms with Gasteiger partial charge < -0.3 is 10.3 Å². The molecule has 112 valence electrons. The third kappa shape index (κ3) is 2.72. The Bertz CT molecular complexity index is 806. The van der Waals surface area contributed by atoms with E-state index in [1.807, 2.05) is 0 Å². The Morgan fingerprint density at radius 2 is 1.95 bits per heavy atom. The first-order valence-corrected chi connectivity index (χ1v) is 8.35. The number of sulfonamides is 1. The third-order valence-corrected chi connectivity index (χ3v) is 5.58. The highest BCUT2D eigenvalue weighted by molar-refractivity contribution is 7.89. The minimum absolute atomic E-state index is 0.213. The van der Waals surface area contributed by atoms with E-state index < -0.39 is 10.0 Å². The molecule has 0 radical (unpaired) electrons. The van der Waals surface area contributed by atoms with E-state index in [1.165, 1.54) is 16.6 Å². The van der Waals surface area contributed by atoms with E-state index in [-0.39, 0.29) is 10.5 Å². The molecule has 1 aromatic heterocycles. The van der Waals surface area contributed by atoms with Gasteiger partial charge in [0.05, 0.1) is 4.90 Å². The first-order valence-electron chi connectivity index (χ1n) is 6.91. The minimum Gasteiger partial charge on any atom is -0.329 e. The van der Waals surface area contributed by atoms with Crippen molar-refractivity contribution in [2.45, 2.75) is 11.3 Å². The molecule has 1 saturated heterocycles. The molecular formula is C14H17N3O3S. The number of rotatable bonds is 2. The number of hydrogen-bond acceptors (Lipinski definition) is 4. The van der Waals surface area contributed by atoms with Gasteiger partial charge in [-0.3, -0.25) is 4.79 Å². The van der Waals surface area contributed by atoms with Gasteiger partial charge >= 0.3 is 0 Å². The molecule has 7 heteroatoms. The minimum atomic E-state index is -3.51. The number of H-pyrrole nitrogens is 1. The molecule has 0 atom stereocenters. The normalized spacial score (nSPS) is 17.7. The summed E-state index contributed by atoms with van der Waals surface area (Å²) in [5, 5.41) is 4.31. The van der Waals surface area contributed by atoms with Crippen LogP contribution in [0, 0.1) is 0 Å². The molecule has 2 heterocycles. The fourth-order valence-corrected chi connectivity index (χ4v) is 4.06. The molecule has 0 spiro atoms. The van der Waals surface area contributed by atoms with Crippen molar-refractivity contribution in [3.63, 3.8) is 0 Å². The monoisotopic (exact) mass is 307 g/mol. The lowest BCUT2D eigenvalue weighted by molar-refractivity contribution is 0.432. The molecule has 2 aromatic rings. The molecule has 3 rings (SSSR count). The molecule has 2 N–H and O–H groups in total. The lowest BCUT2D eigenvalue weighted by Gasteiger charge is -2.19. The Balaban J connectivity index is 2.04. The van der Waals surface area contributed by atoms with Crippen LogP contribution in [0.4, 0.5) is 0 Å². The first kappa shape index (κ1) is 14.2. The SMILES string of the molecule is O=c1[nH]ccc2cc(S(=O)(=O)N3CCCNCC3)ccc12. The smallest absolute Gasteiger partial charge is 0.255 e. The number of aromatic amines is 1. The Morgan fingerprint density at radius 1 is 1.10 bits per heavy atom. The number of fused-ring (bicyclic) bond motifs is 1. The predicted octanol–water partition coefficient (Wildman–Crippen LogP) is 0.512. The summed E-state index contributed by atoms with van der Waals surface area (Å²) >= 11 is 0. The van der Waals surface area contributed by atoms with E-state index in [9.17, 15) is 13.2 Å². The highest BCUT2D eigenvalue weighted by atomic mass is 32.2. The summed E-state index contributed by atoms with van der Waals surface area (Å²) in [4.78, 5) is 14.5. The first-order chi connectivity index (χ1) is 10.1. The van der Waals surface area contributed by atoms with Gasteiger partial charge in [0.15, 0.2) is 0 Å². The van der Waals surface area contributed by atoms with Gasteiger partial charge in [-0.2, -0.15) is 4.31 Å². The molecule has 1 fully saturated rings. The Kier molecular flexibility index (Phi) is 3.79. The van der Waals surface area contributed by atoms with Gasteiger partial charge in [-0.05, 0) is 42.6 Å². The number of pyridine rings is 1. The number of nitrogens with zero attached hydrogens (tertiary/aromatic N) is 1. The van der Waals surface area contributed by atoms with Gasteiger partial charge in [0, 0.05) is 31.2 Å². The molecule has 21 heavy (non-hydrogen) atoms. The lowest BCUT2D eigenvalue weighted by atomic mass is 10.2. The van der Waals surface area contributed by atoms with Crippen LogP contribution >= 0.6 is 0 Å². The van der Waals surface area contributed by atoms with E-state index in [0.29, 0.717) is 30.4 Å². The van der Waals surface area contributed by atoms with E-state index >= 15 is 0 Å². The van der Waals surface area contributed by atoms with Gasteiger partial charge in [0.1, 0.15) is 0 Å². The number of benzene rings is 1. The standard InChI is InChI=1S/C14H17N3O3S/c18-14-13-3-2-12(10-11(13)4-6-16-14)21(19,20)17-8-1-5-15-7-9-17/h2-4,6,10,15H,1,5,7-9H2,(H,16,18). The summed E-state index contributed by atoms with van der Waals surface area (Å²) in [5.74, 6) is 0. The van der Waals surface area contributed by atoms with Crippen LogP contribution in [0.3, 0.4) is 0 Å². The largest absolute Gasteiger partial charge is 0.329 e. The number of hydrogen-bond donors (Lipinski definition) is 2. The zero-order valence-electron chi connectivity index (χ0n) is 11.5. The summed E-state index contributed by atoms with van der Waals surface area (Å²) in [6, 6.07) is 6.35. The van der Waals surface area contributed by atoms with Crippen LogP contribution in [0.5, 0.6) is 0 Å². The van der Waals surface area contributed by atoms with E-state index in [0.717, 1.165) is 13.0 Å². The highest BCUT2D eigenvalue weighted by Crippen LogP contribution is 2.20. The van der Waals surface area contributed by atoms with Crippen molar-refractivity contribution in [2.24, 2.45) is 0 Å². The summed E-state index contributed by atoms with van der Waals surface area (Å²) in [7, 11) is -3.51. The second-order valence-electron chi connectivity index (χ2n) is 5.06. The van der Waals surface area contributed by atoms with Gasteiger partial charge in [-0.1, -0.05) is 0 Å². The molecule has 6 nitrogen and oxygen atoms in total. The Hall–Kier alpha value is -1.70. The average Bonchev–Trinajstić information content (AvgIpc) is 2.77. The highest BCUT2D eigenvalue weighted by Gasteiger charge is 2.25. The fourth-order valence-electron chi connectivity index (χ4n) is 2.54. The second kappa shape index (κ2) is 5.59. The Labute approximate surface area is 122 Å². The van der Waals surface area contributed by atoms with Crippen LogP contribution in [0.25, 0.3) is 10.8 Å². The third-order valence-electron chi connectivity index (χ3n) is 3.68. The van der Waals surface area contributed by atoms with Crippen LogP contribution in [0.15, 0.2) is 40.2 Å². The van der Waals surface area contributed by atoms with Crippen molar-refractivity contribution >= 4 is 20.8 Å². The summed E-state index contributed by atoms with van der Waals surface area (Å²) in [5.41, 5.74) is -0.213. The van der Waals surface area contributed by atoms with Crippen LogP contribution in [-0.4, -0.2) is 43.9 Å². The molecule has 1 aliphatic heterocycles. The maximum absolute atomic E-state index is 12.7. The Morgan fingerprint density at radius 3 is 2.81 bits per heavy atom. The maximum Gasteiger partial charge on any atom is 0.255 e. The van der Waals surface area contributed by atoms with Gasteiger partial charge in [-0.15, -0.1) is 0 Å². The van der Waals surface area contributed by atoms with E-state index in [2.05, 4.69) is 10.3 Å². The van der Waals surface area contributed by atoms with Gasteiger partial charge in [0.2, 0.25) is 10.0 Å². The van der Waals surface area contributed by atoms with Crippen LogP contribution in [0.2, 0.25) is 0 Å². The summed E-state index contributed by atoms with van der Waals surface area (Å²) in [6.07, 6.45) is 2.32. The van der Waals surface area contributed by atoms with E-state index in [4.69, 9.17) is 0 Å².